The molecule has 2 aliphatic rings. The highest BCUT2D eigenvalue weighted by molar-refractivity contribution is 9.10. The van der Waals surface area contributed by atoms with Gasteiger partial charge >= 0.3 is 0 Å². The molecule has 4 aromatic rings. The standard InChI is InChI=1S/C28H23BrClN5O4/c1-16-17(14-34-26(36)21-6-2-3-7-22(21)27(34)37)11-25(39-16)28(38)33-10-4-5-19(33)12-18-15-35(32-31-18)20-8-9-23(29)24(30)13-20/h2-3,6-9,11,13,15,19H,4-5,10,12,14H2,1H3. The minimum Gasteiger partial charge on any atom is -0.456 e. The number of hydrogen-bond donors (Lipinski definition) is 0. The van der Waals surface area contributed by atoms with Crippen molar-refractivity contribution in [2.45, 2.75) is 38.8 Å². The molecule has 4 heterocycles. The van der Waals surface area contributed by atoms with Crippen LogP contribution in [-0.4, -0.2) is 55.1 Å². The number of imide groups is 1. The number of fused-ring (bicyclic) bond motifs is 1. The summed E-state index contributed by atoms with van der Waals surface area (Å²) >= 11 is 9.61. The zero-order valence-corrected chi connectivity index (χ0v) is 23.3. The van der Waals surface area contributed by atoms with Crippen molar-refractivity contribution in [2.75, 3.05) is 6.54 Å². The minimum atomic E-state index is -0.345. The molecule has 2 aromatic carbocycles. The highest BCUT2D eigenvalue weighted by Crippen LogP contribution is 2.29. The average Bonchev–Trinajstić information content (AvgIpc) is 3.71. The van der Waals surface area contributed by atoms with Crippen LogP contribution in [0.15, 0.2) is 63.6 Å². The molecule has 0 radical (unpaired) electrons. The van der Waals surface area contributed by atoms with Crippen LogP contribution in [0, 0.1) is 6.92 Å². The Morgan fingerprint density at radius 2 is 1.87 bits per heavy atom. The van der Waals surface area contributed by atoms with Crippen molar-refractivity contribution in [3.63, 3.8) is 0 Å². The molecule has 0 bridgehead atoms. The van der Waals surface area contributed by atoms with Crippen molar-refractivity contribution in [3.8, 4) is 5.69 Å². The summed E-state index contributed by atoms with van der Waals surface area (Å²) in [4.78, 5) is 42.1. The molecule has 11 heteroatoms. The summed E-state index contributed by atoms with van der Waals surface area (Å²) in [7, 11) is 0. The summed E-state index contributed by atoms with van der Waals surface area (Å²) in [5.74, 6) is -0.216. The van der Waals surface area contributed by atoms with Crippen LogP contribution in [0.3, 0.4) is 0 Å². The Bertz CT molecular complexity index is 1590. The largest absolute Gasteiger partial charge is 0.456 e. The Morgan fingerprint density at radius 1 is 1.13 bits per heavy atom. The van der Waals surface area contributed by atoms with Crippen LogP contribution in [0.25, 0.3) is 5.69 Å². The van der Waals surface area contributed by atoms with Crippen LogP contribution in [0.2, 0.25) is 5.02 Å². The number of aromatic nitrogens is 3. The van der Waals surface area contributed by atoms with Crippen LogP contribution in [0.5, 0.6) is 0 Å². The normalized spacial score (nSPS) is 16.8. The van der Waals surface area contributed by atoms with Crippen LogP contribution < -0.4 is 0 Å². The Labute approximate surface area is 237 Å². The number of halogens is 2. The van der Waals surface area contributed by atoms with E-state index in [1.165, 1.54) is 4.90 Å². The minimum absolute atomic E-state index is 0.0432. The lowest BCUT2D eigenvalue weighted by Crippen LogP contribution is -2.36. The average molecular weight is 609 g/mol. The fourth-order valence-electron chi connectivity index (χ4n) is 5.18. The van der Waals surface area contributed by atoms with E-state index in [9.17, 15) is 14.4 Å². The lowest BCUT2D eigenvalue weighted by Gasteiger charge is -2.23. The van der Waals surface area contributed by atoms with Gasteiger partial charge in [-0.15, -0.1) is 5.10 Å². The maximum absolute atomic E-state index is 13.5. The zero-order valence-electron chi connectivity index (χ0n) is 20.9. The number of furan rings is 1. The van der Waals surface area contributed by atoms with Crippen molar-refractivity contribution in [2.24, 2.45) is 0 Å². The second kappa shape index (κ2) is 10.1. The van der Waals surface area contributed by atoms with E-state index in [1.807, 2.05) is 18.3 Å². The maximum atomic E-state index is 13.5. The molecular weight excluding hydrogens is 586 g/mol. The fraction of sp³-hybridized carbons (Fsp3) is 0.250. The first-order chi connectivity index (χ1) is 18.8. The van der Waals surface area contributed by atoms with Gasteiger partial charge in [0.2, 0.25) is 0 Å². The topological polar surface area (TPSA) is 102 Å². The monoisotopic (exact) mass is 607 g/mol. The van der Waals surface area contributed by atoms with Crippen LogP contribution >= 0.6 is 27.5 Å². The van der Waals surface area contributed by atoms with E-state index in [0.29, 0.717) is 40.4 Å². The number of benzene rings is 2. The van der Waals surface area contributed by atoms with Crippen molar-refractivity contribution in [1.29, 1.82) is 0 Å². The molecule has 6 rings (SSSR count). The summed E-state index contributed by atoms with van der Waals surface area (Å²) < 4.78 is 8.30. The van der Waals surface area contributed by atoms with Gasteiger partial charge < -0.3 is 9.32 Å². The smallest absolute Gasteiger partial charge is 0.289 e. The number of nitrogens with zero attached hydrogens (tertiary/aromatic N) is 5. The van der Waals surface area contributed by atoms with E-state index in [-0.39, 0.29) is 36.1 Å². The van der Waals surface area contributed by atoms with Gasteiger partial charge in [-0.25, -0.2) is 4.68 Å². The lowest BCUT2D eigenvalue weighted by molar-refractivity contribution is 0.0640. The molecule has 0 aliphatic carbocycles. The van der Waals surface area contributed by atoms with Gasteiger partial charge in [0.15, 0.2) is 5.76 Å². The first-order valence-electron chi connectivity index (χ1n) is 12.5. The molecule has 1 unspecified atom stereocenters. The highest BCUT2D eigenvalue weighted by atomic mass is 79.9. The zero-order chi connectivity index (χ0) is 27.3. The predicted octanol–water partition coefficient (Wildman–Crippen LogP) is 5.23. The third-order valence-corrected chi connectivity index (χ3v) is 8.46. The predicted molar refractivity (Wildman–Crippen MR) is 146 cm³/mol. The van der Waals surface area contributed by atoms with Gasteiger partial charge in [0.25, 0.3) is 17.7 Å². The lowest BCUT2D eigenvalue weighted by atomic mass is 10.1. The molecule has 1 fully saturated rings. The van der Waals surface area contributed by atoms with E-state index < -0.39 is 0 Å². The summed E-state index contributed by atoms with van der Waals surface area (Å²) in [6.07, 6.45) is 4.11. The van der Waals surface area contributed by atoms with E-state index in [2.05, 4.69) is 26.2 Å². The number of aryl methyl sites for hydroxylation is 1. The van der Waals surface area contributed by atoms with E-state index >= 15 is 0 Å². The molecule has 1 atom stereocenters. The Morgan fingerprint density at radius 3 is 2.59 bits per heavy atom. The first kappa shape index (κ1) is 25.5. The van der Waals surface area contributed by atoms with Gasteiger partial charge in [-0.05, 0) is 72.1 Å². The number of carbonyl (C=O) groups is 3. The first-order valence-corrected chi connectivity index (χ1v) is 13.7. The van der Waals surface area contributed by atoms with Crippen molar-refractivity contribution < 1.29 is 18.8 Å². The molecule has 2 aliphatic heterocycles. The third kappa shape index (κ3) is 4.68. The van der Waals surface area contributed by atoms with E-state index in [1.54, 1.807) is 52.9 Å². The van der Waals surface area contributed by atoms with Gasteiger partial charge in [-0.2, -0.15) is 0 Å². The fourth-order valence-corrected chi connectivity index (χ4v) is 5.60. The van der Waals surface area contributed by atoms with E-state index in [4.69, 9.17) is 16.0 Å². The third-order valence-electron chi connectivity index (χ3n) is 7.23. The van der Waals surface area contributed by atoms with Crippen LogP contribution in [-0.2, 0) is 13.0 Å². The van der Waals surface area contributed by atoms with Crippen LogP contribution in [0.1, 0.15) is 61.1 Å². The maximum Gasteiger partial charge on any atom is 0.289 e. The number of rotatable bonds is 6. The second-order valence-corrected chi connectivity index (χ2v) is 10.9. The summed E-state index contributed by atoms with van der Waals surface area (Å²) in [5.41, 5.74) is 2.96. The molecular formula is C28H23BrClN5O4. The van der Waals surface area contributed by atoms with Gasteiger partial charge in [-0.3, -0.25) is 19.3 Å². The molecule has 0 N–H and O–H groups in total. The van der Waals surface area contributed by atoms with Crippen molar-refractivity contribution in [1.82, 2.24) is 24.8 Å². The highest BCUT2D eigenvalue weighted by Gasteiger charge is 2.37. The van der Waals surface area contributed by atoms with Gasteiger partial charge in [0, 0.05) is 29.0 Å². The van der Waals surface area contributed by atoms with Crippen molar-refractivity contribution >= 4 is 45.3 Å². The van der Waals surface area contributed by atoms with Crippen LogP contribution in [0.4, 0.5) is 0 Å². The SMILES string of the molecule is Cc1oc(C(=O)N2CCCC2Cc2cn(-c3ccc(Br)c(Cl)c3)nn2)cc1CN1C(=O)c2ccccc2C1=O. The molecule has 39 heavy (non-hydrogen) atoms. The Kier molecular flexibility index (Phi) is 6.60. The second-order valence-electron chi connectivity index (χ2n) is 9.69. The van der Waals surface area contributed by atoms with Gasteiger partial charge in [0.05, 0.1) is 40.3 Å². The number of amides is 3. The van der Waals surface area contributed by atoms with Gasteiger partial charge in [0.1, 0.15) is 5.76 Å². The number of hydrogen-bond acceptors (Lipinski definition) is 6. The molecule has 3 amide bonds. The molecule has 9 nitrogen and oxygen atoms in total. The number of carbonyl (C=O) groups excluding carboxylic acids is 3. The van der Waals surface area contributed by atoms with Gasteiger partial charge in [-0.1, -0.05) is 28.9 Å². The quantitative estimate of drug-likeness (QED) is 0.278. The van der Waals surface area contributed by atoms with Crippen molar-refractivity contribution in [3.05, 3.63) is 98.1 Å². The Balaban J connectivity index is 1.16. The molecule has 0 spiro atoms. The van der Waals surface area contributed by atoms with E-state index in [0.717, 1.165) is 28.7 Å². The summed E-state index contributed by atoms with van der Waals surface area (Å²) in [5, 5.41) is 9.12. The summed E-state index contributed by atoms with van der Waals surface area (Å²) in [6, 6.07) is 13.9. The Hall–Kier alpha value is -3.76. The molecule has 2 aromatic heterocycles. The summed E-state index contributed by atoms with van der Waals surface area (Å²) in [6.45, 7) is 2.38. The number of likely N-dealkylation sites (tertiary alicyclic amines) is 1. The molecule has 1 saturated heterocycles. The molecule has 0 saturated carbocycles. The molecule has 198 valence electrons.